The SMILES string of the molecule is COc1ccc([C@@H]2Cc3cc(OC(=O)C(C)(C)C)ccc3N(CCN(C)C)C(=O)[C@@H]2OC(C)=O)cc1. The molecular formula is C28H36N2O6. The van der Waals surface area contributed by atoms with Crippen molar-refractivity contribution in [2.45, 2.75) is 46.1 Å². The monoisotopic (exact) mass is 496 g/mol. The third kappa shape index (κ3) is 6.43. The van der Waals surface area contributed by atoms with Crippen LogP contribution >= 0.6 is 0 Å². The average molecular weight is 497 g/mol. The second-order valence-electron chi connectivity index (χ2n) is 10.3. The molecule has 3 rings (SSSR count). The normalized spacial score (nSPS) is 17.9. The third-order valence-corrected chi connectivity index (χ3v) is 6.09. The minimum absolute atomic E-state index is 0.286. The summed E-state index contributed by atoms with van der Waals surface area (Å²) >= 11 is 0. The zero-order chi connectivity index (χ0) is 26.6. The number of amides is 1. The van der Waals surface area contributed by atoms with E-state index in [0.717, 1.165) is 11.1 Å². The summed E-state index contributed by atoms with van der Waals surface area (Å²) in [4.78, 5) is 42.1. The van der Waals surface area contributed by atoms with Crippen molar-refractivity contribution < 1.29 is 28.6 Å². The predicted molar refractivity (Wildman–Crippen MR) is 137 cm³/mol. The molecule has 2 atom stereocenters. The number of carbonyl (C=O) groups is 3. The number of likely N-dealkylation sites (N-methyl/N-ethyl adjacent to an activating group) is 1. The molecule has 0 saturated heterocycles. The van der Waals surface area contributed by atoms with E-state index < -0.39 is 23.4 Å². The van der Waals surface area contributed by atoms with E-state index in [1.807, 2.05) is 49.3 Å². The molecule has 1 amide bonds. The van der Waals surface area contributed by atoms with Gasteiger partial charge in [0.2, 0.25) is 0 Å². The first-order valence-corrected chi connectivity index (χ1v) is 12.0. The van der Waals surface area contributed by atoms with Crippen LogP contribution in [0.1, 0.15) is 44.7 Å². The lowest BCUT2D eigenvalue weighted by molar-refractivity contribution is -0.154. The van der Waals surface area contributed by atoms with Gasteiger partial charge in [-0.3, -0.25) is 14.4 Å². The zero-order valence-electron chi connectivity index (χ0n) is 22.2. The Labute approximate surface area is 213 Å². The summed E-state index contributed by atoms with van der Waals surface area (Å²) < 4.78 is 16.6. The first kappa shape index (κ1) is 27.2. The van der Waals surface area contributed by atoms with Crippen LogP contribution in [-0.4, -0.2) is 63.1 Å². The van der Waals surface area contributed by atoms with Gasteiger partial charge < -0.3 is 24.0 Å². The molecule has 2 aromatic rings. The van der Waals surface area contributed by atoms with Crippen molar-refractivity contribution in [3.8, 4) is 11.5 Å². The molecule has 1 aliphatic rings. The van der Waals surface area contributed by atoms with Crippen molar-refractivity contribution in [3.63, 3.8) is 0 Å². The number of rotatable bonds is 7. The van der Waals surface area contributed by atoms with Crippen LogP contribution in [-0.2, 0) is 25.5 Å². The zero-order valence-corrected chi connectivity index (χ0v) is 22.2. The topological polar surface area (TPSA) is 85.4 Å². The number of methoxy groups -OCH3 is 1. The standard InChI is InChI=1S/C28H36N2O6/c1-18(31)35-25-23(19-8-10-21(34-7)11-9-19)17-20-16-22(36-27(33)28(2,3)4)12-13-24(20)30(26(25)32)15-14-29(5)6/h8-13,16,23,25H,14-15,17H2,1-7H3/t23-,25+/m0/s1. The Morgan fingerprint density at radius 3 is 2.25 bits per heavy atom. The summed E-state index contributed by atoms with van der Waals surface area (Å²) in [5.41, 5.74) is 1.72. The Balaban J connectivity index is 2.11. The van der Waals surface area contributed by atoms with Crippen LogP contribution in [0.3, 0.4) is 0 Å². The Morgan fingerprint density at radius 1 is 1.06 bits per heavy atom. The fourth-order valence-corrected chi connectivity index (χ4v) is 4.09. The summed E-state index contributed by atoms with van der Waals surface area (Å²) in [5.74, 6) is -0.499. The first-order valence-electron chi connectivity index (χ1n) is 12.0. The van der Waals surface area contributed by atoms with Gasteiger partial charge in [-0.1, -0.05) is 12.1 Å². The smallest absolute Gasteiger partial charge is 0.316 e. The van der Waals surface area contributed by atoms with Crippen LogP contribution < -0.4 is 14.4 Å². The Bertz CT molecular complexity index is 1100. The van der Waals surface area contributed by atoms with Crippen molar-refractivity contribution in [2.24, 2.45) is 5.41 Å². The molecule has 8 nitrogen and oxygen atoms in total. The largest absolute Gasteiger partial charge is 0.497 e. The summed E-state index contributed by atoms with van der Waals surface area (Å²) in [7, 11) is 5.45. The second-order valence-corrected chi connectivity index (χ2v) is 10.3. The van der Waals surface area contributed by atoms with Crippen LogP contribution in [0.15, 0.2) is 42.5 Å². The van der Waals surface area contributed by atoms with Crippen molar-refractivity contribution >= 4 is 23.5 Å². The highest BCUT2D eigenvalue weighted by Crippen LogP contribution is 2.38. The minimum atomic E-state index is -1.01. The molecule has 0 spiro atoms. The summed E-state index contributed by atoms with van der Waals surface area (Å²) in [6.07, 6.45) is -0.601. The van der Waals surface area contributed by atoms with Gasteiger partial charge in [0.1, 0.15) is 11.5 Å². The summed E-state index contributed by atoms with van der Waals surface area (Å²) in [6.45, 7) is 7.72. The highest BCUT2D eigenvalue weighted by atomic mass is 16.5. The molecule has 194 valence electrons. The number of hydrogen-bond donors (Lipinski definition) is 0. The molecule has 0 bridgehead atoms. The van der Waals surface area contributed by atoms with Gasteiger partial charge in [0.25, 0.3) is 5.91 Å². The molecule has 0 unspecified atom stereocenters. The molecular weight excluding hydrogens is 460 g/mol. The van der Waals surface area contributed by atoms with Crippen LogP contribution in [0.25, 0.3) is 0 Å². The number of anilines is 1. The quantitative estimate of drug-likeness (QED) is 0.426. The number of hydrogen-bond acceptors (Lipinski definition) is 7. The van der Waals surface area contributed by atoms with Gasteiger partial charge >= 0.3 is 11.9 Å². The molecule has 8 heteroatoms. The van der Waals surface area contributed by atoms with Gasteiger partial charge in [0, 0.05) is 31.6 Å². The van der Waals surface area contributed by atoms with Crippen molar-refractivity contribution in [1.29, 1.82) is 0 Å². The Morgan fingerprint density at radius 2 is 1.69 bits per heavy atom. The van der Waals surface area contributed by atoms with Gasteiger partial charge in [-0.15, -0.1) is 0 Å². The fraction of sp³-hybridized carbons (Fsp3) is 0.464. The minimum Gasteiger partial charge on any atom is -0.497 e. The summed E-state index contributed by atoms with van der Waals surface area (Å²) in [5, 5.41) is 0. The molecule has 1 heterocycles. The van der Waals surface area contributed by atoms with Gasteiger partial charge in [0.15, 0.2) is 6.10 Å². The van der Waals surface area contributed by atoms with Crippen LogP contribution in [0.4, 0.5) is 5.69 Å². The number of benzene rings is 2. The van der Waals surface area contributed by atoms with Crippen LogP contribution in [0.2, 0.25) is 0 Å². The van der Waals surface area contributed by atoms with Crippen molar-refractivity contribution in [2.75, 3.05) is 39.2 Å². The molecule has 0 aliphatic carbocycles. The van der Waals surface area contributed by atoms with E-state index in [1.54, 1.807) is 44.9 Å². The van der Waals surface area contributed by atoms with E-state index in [2.05, 4.69) is 0 Å². The first-order chi connectivity index (χ1) is 16.9. The maximum Gasteiger partial charge on any atom is 0.316 e. The third-order valence-electron chi connectivity index (χ3n) is 6.09. The van der Waals surface area contributed by atoms with Crippen LogP contribution in [0, 0.1) is 5.41 Å². The Hall–Kier alpha value is -3.39. The molecule has 0 fully saturated rings. The highest BCUT2D eigenvalue weighted by Gasteiger charge is 2.40. The highest BCUT2D eigenvalue weighted by molar-refractivity contribution is 6.00. The second kappa shape index (κ2) is 11.1. The predicted octanol–water partition coefficient (Wildman–Crippen LogP) is 3.81. The molecule has 36 heavy (non-hydrogen) atoms. The Kier molecular flexibility index (Phi) is 8.40. The van der Waals surface area contributed by atoms with Gasteiger partial charge in [-0.25, -0.2) is 0 Å². The number of ether oxygens (including phenoxy) is 3. The fourth-order valence-electron chi connectivity index (χ4n) is 4.09. The van der Waals surface area contributed by atoms with E-state index in [1.165, 1.54) is 6.92 Å². The van der Waals surface area contributed by atoms with Crippen molar-refractivity contribution in [3.05, 3.63) is 53.6 Å². The lowest BCUT2D eigenvalue weighted by atomic mass is 9.87. The molecule has 1 aliphatic heterocycles. The maximum absolute atomic E-state index is 13.9. The molecule has 0 saturated carbocycles. The van der Waals surface area contributed by atoms with Crippen LogP contribution in [0.5, 0.6) is 11.5 Å². The molecule has 0 N–H and O–H groups in total. The van der Waals surface area contributed by atoms with E-state index >= 15 is 0 Å². The molecule has 0 aromatic heterocycles. The lowest BCUT2D eigenvalue weighted by Crippen LogP contribution is -2.45. The van der Waals surface area contributed by atoms with Crippen molar-refractivity contribution in [1.82, 2.24) is 4.90 Å². The average Bonchev–Trinajstić information content (AvgIpc) is 2.91. The molecule has 2 aromatic carbocycles. The number of esters is 2. The van der Waals surface area contributed by atoms with E-state index in [0.29, 0.717) is 36.7 Å². The maximum atomic E-state index is 13.9. The number of fused-ring (bicyclic) bond motifs is 1. The van der Waals surface area contributed by atoms with E-state index in [-0.39, 0.29) is 11.9 Å². The van der Waals surface area contributed by atoms with E-state index in [9.17, 15) is 14.4 Å². The summed E-state index contributed by atoms with van der Waals surface area (Å²) in [6, 6.07) is 12.7. The molecule has 0 radical (unpaired) electrons. The van der Waals surface area contributed by atoms with Gasteiger partial charge in [-0.2, -0.15) is 0 Å². The lowest BCUT2D eigenvalue weighted by Gasteiger charge is -2.29. The van der Waals surface area contributed by atoms with Gasteiger partial charge in [0.05, 0.1) is 12.5 Å². The number of nitrogens with zero attached hydrogens (tertiary/aromatic N) is 2. The van der Waals surface area contributed by atoms with Gasteiger partial charge in [-0.05, 0) is 82.7 Å². The van der Waals surface area contributed by atoms with E-state index in [4.69, 9.17) is 14.2 Å². The number of carbonyl (C=O) groups excluding carboxylic acids is 3.